The number of ether oxygens (including phenoxy) is 2. The number of amides is 2. The maximum atomic E-state index is 12.8. The van der Waals surface area contributed by atoms with Crippen LogP contribution in [-0.4, -0.2) is 62.6 Å². The number of hydrogen-bond acceptors (Lipinski definition) is 9. The van der Waals surface area contributed by atoms with E-state index in [4.69, 9.17) is 9.47 Å². The second kappa shape index (κ2) is 13.2. The second-order valence-corrected chi connectivity index (χ2v) is 13.7. The van der Waals surface area contributed by atoms with Crippen LogP contribution in [-0.2, 0) is 48.3 Å². The topological polar surface area (TPSA) is 133 Å². The number of anilines is 1. The number of aromatic nitrogens is 1. The standard InChI is InChI=1S/C27H33N3O7S3/c1-4-37-13-12-30-19-11-10-17(2)14-21(19)39-27(30)29-23(32)16-40(34,35)15-22(31)28-25-24(26(33)36-3)18-8-6-5-7-9-20(18)38-25/h10-11,14H,4-9,12-13,15-16H2,1-3H3,(H,28,31). The van der Waals surface area contributed by atoms with Crippen molar-refractivity contribution in [3.8, 4) is 0 Å². The van der Waals surface area contributed by atoms with Gasteiger partial charge in [0.15, 0.2) is 14.6 Å². The van der Waals surface area contributed by atoms with Gasteiger partial charge in [-0.2, -0.15) is 4.99 Å². The predicted octanol–water partition coefficient (Wildman–Crippen LogP) is 3.65. The largest absolute Gasteiger partial charge is 0.465 e. The Morgan fingerprint density at radius 3 is 2.62 bits per heavy atom. The molecule has 10 nitrogen and oxygen atoms in total. The molecule has 4 rings (SSSR count). The van der Waals surface area contributed by atoms with Gasteiger partial charge in [0.05, 0.1) is 29.5 Å². The van der Waals surface area contributed by atoms with E-state index in [1.165, 1.54) is 29.8 Å². The van der Waals surface area contributed by atoms with E-state index in [1.54, 1.807) is 0 Å². The third-order valence-electron chi connectivity index (χ3n) is 6.48. The van der Waals surface area contributed by atoms with Crippen molar-refractivity contribution in [2.75, 3.05) is 37.1 Å². The first-order chi connectivity index (χ1) is 19.1. The molecule has 2 heterocycles. The van der Waals surface area contributed by atoms with Crippen molar-refractivity contribution in [1.82, 2.24) is 4.57 Å². The van der Waals surface area contributed by atoms with Gasteiger partial charge in [0.1, 0.15) is 16.5 Å². The summed E-state index contributed by atoms with van der Waals surface area (Å²) in [6.45, 7) is 5.26. The first kappa shape index (κ1) is 30.1. The number of fused-ring (bicyclic) bond motifs is 2. The van der Waals surface area contributed by atoms with Crippen molar-refractivity contribution in [3.05, 3.63) is 44.6 Å². The summed E-state index contributed by atoms with van der Waals surface area (Å²) in [5.74, 6) is -4.07. The number of nitrogens with zero attached hydrogens (tertiary/aromatic N) is 2. The fourth-order valence-corrected chi connectivity index (χ4v) is 8.15. The third kappa shape index (κ3) is 7.25. The van der Waals surface area contributed by atoms with Crippen molar-refractivity contribution >= 4 is 65.5 Å². The highest BCUT2D eigenvalue weighted by Crippen LogP contribution is 2.38. The molecule has 0 saturated heterocycles. The number of esters is 1. The predicted molar refractivity (Wildman–Crippen MR) is 156 cm³/mol. The van der Waals surface area contributed by atoms with Gasteiger partial charge in [-0.15, -0.1) is 11.3 Å². The summed E-state index contributed by atoms with van der Waals surface area (Å²) in [5.41, 5.74) is 3.07. The lowest BCUT2D eigenvalue weighted by Gasteiger charge is -2.08. The molecule has 0 atom stereocenters. The smallest absolute Gasteiger partial charge is 0.341 e. The molecule has 2 aromatic heterocycles. The second-order valence-electron chi connectivity index (χ2n) is 9.55. The van der Waals surface area contributed by atoms with E-state index in [9.17, 15) is 22.8 Å². The Morgan fingerprint density at radius 1 is 1.10 bits per heavy atom. The molecule has 0 radical (unpaired) electrons. The average Bonchev–Trinajstić information content (AvgIpc) is 3.28. The first-order valence-corrected chi connectivity index (χ1v) is 16.6. The summed E-state index contributed by atoms with van der Waals surface area (Å²) in [6.07, 6.45) is 4.44. The highest BCUT2D eigenvalue weighted by atomic mass is 32.2. The van der Waals surface area contributed by atoms with Crippen molar-refractivity contribution in [2.45, 2.75) is 52.5 Å². The first-order valence-electron chi connectivity index (χ1n) is 13.1. The minimum atomic E-state index is -4.13. The number of sulfone groups is 1. The van der Waals surface area contributed by atoms with Crippen molar-refractivity contribution < 1.29 is 32.3 Å². The van der Waals surface area contributed by atoms with Crippen LogP contribution in [0.4, 0.5) is 5.00 Å². The zero-order valence-corrected chi connectivity index (χ0v) is 25.2. The number of carbonyl (C=O) groups is 3. The van der Waals surface area contributed by atoms with Crippen LogP contribution in [0, 0.1) is 6.92 Å². The van der Waals surface area contributed by atoms with E-state index < -0.39 is 39.1 Å². The lowest BCUT2D eigenvalue weighted by atomic mass is 10.1. The number of thiazole rings is 1. The van der Waals surface area contributed by atoms with Gasteiger partial charge < -0.3 is 19.4 Å². The molecule has 216 valence electrons. The monoisotopic (exact) mass is 607 g/mol. The molecule has 0 aliphatic heterocycles. The van der Waals surface area contributed by atoms with Gasteiger partial charge in [0.25, 0.3) is 5.91 Å². The number of methoxy groups -OCH3 is 1. The van der Waals surface area contributed by atoms with Gasteiger partial charge in [-0.25, -0.2) is 13.2 Å². The van der Waals surface area contributed by atoms with Crippen LogP contribution in [0.2, 0.25) is 0 Å². The SMILES string of the molecule is CCOCCn1c(=NC(=O)CS(=O)(=O)CC(=O)Nc2sc3c(c2C(=O)OC)CCCCC3)sc2cc(C)ccc21. The number of rotatable bonds is 10. The maximum absolute atomic E-state index is 12.8. The molecule has 0 bridgehead atoms. The number of hydrogen-bond donors (Lipinski definition) is 1. The molecular weight excluding hydrogens is 575 g/mol. The zero-order valence-electron chi connectivity index (χ0n) is 22.8. The summed E-state index contributed by atoms with van der Waals surface area (Å²) in [7, 11) is -2.86. The summed E-state index contributed by atoms with van der Waals surface area (Å²) in [6, 6.07) is 5.87. The molecule has 40 heavy (non-hydrogen) atoms. The molecule has 1 aliphatic rings. The van der Waals surface area contributed by atoms with Crippen LogP contribution in [0.3, 0.4) is 0 Å². The minimum absolute atomic E-state index is 0.283. The number of carbonyl (C=O) groups excluding carboxylic acids is 3. The van der Waals surface area contributed by atoms with Gasteiger partial charge in [-0.3, -0.25) is 9.59 Å². The maximum Gasteiger partial charge on any atom is 0.341 e. The van der Waals surface area contributed by atoms with Gasteiger partial charge in [0, 0.05) is 18.0 Å². The lowest BCUT2D eigenvalue weighted by Crippen LogP contribution is -2.28. The average molecular weight is 608 g/mol. The molecule has 2 amide bonds. The van der Waals surface area contributed by atoms with Crippen LogP contribution >= 0.6 is 22.7 Å². The molecule has 0 saturated carbocycles. The Hall–Kier alpha value is -2.87. The highest BCUT2D eigenvalue weighted by Gasteiger charge is 2.28. The van der Waals surface area contributed by atoms with E-state index in [2.05, 4.69) is 10.3 Å². The molecule has 0 unspecified atom stereocenters. The number of nitrogens with one attached hydrogen (secondary N) is 1. The minimum Gasteiger partial charge on any atom is -0.465 e. The molecule has 1 aromatic carbocycles. The van der Waals surface area contributed by atoms with Crippen LogP contribution < -0.4 is 10.1 Å². The van der Waals surface area contributed by atoms with E-state index in [-0.39, 0.29) is 10.6 Å². The van der Waals surface area contributed by atoms with E-state index in [0.29, 0.717) is 31.0 Å². The molecular formula is C27H33N3O7S3. The van der Waals surface area contributed by atoms with Crippen LogP contribution in [0.25, 0.3) is 10.2 Å². The van der Waals surface area contributed by atoms with Crippen molar-refractivity contribution in [3.63, 3.8) is 0 Å². The Balaban J connectivity index is 1.50. The Morgan fingerprint density at radius 2 is 1.88 bits per heavy atom. The van der Waals surface area contributed by atoms with Crippen molar-refractivity contribution in [2.24, 2.45) is 4.99 Å². The molecule has 3 aromatic rings. The number of aryl methyl sites for hydroxylation is 2. The molecule has 0 spiro atoms. The summed E-state index contributed by atoms with van der Waals surface area (Å²) < 4.78 is 38.8. The van der Waals surface area contributed by atoms with Crippen molar-refractivity contribution in [1.29, 1.82) is 0 Å². The van der Waals surface area contributed by atoms with Gasteiger partial charge in [-0.05, 0) is 62.8 Å². The van der Waals surface area contributed by atoms with E-state index in [0.717, 1.165) is 51.9 Å². The third-order valence-corrected chi connectivity index (χ3v) is 10.1. The Bertz CT molecular complexity index is 1600. The fraction of sp³-hybridized carbons (Fsp3) is 0.481. The van der Waals surface area contributed by atoms with Gasteiger partial charge >= 0.3 is 5.97 Å². The fourth-order valence-electron chi connectivity index (χ4n) is 4.67. The molecule has 1 N–H and O–H groups in total. The Kier molecular flexibility index (Phi) is 9.93. The number of thiophene rings is 1. The normalized spacial score (nSPS) is 14.1. The van der Waals surface area contributed by atoms with Crippen LogP contribution in [0.15, 0.2) is 23.2 Å². The zero-order chi connectivity index (χ0) is 28.9. The van der Waals surface area contributed by atoms with E-state index >= 15 is 0 Å². The molecule has 13 heteroatoms. The summed E-state index contributed by atoms with van der Waals surface area (Å²) in [4.78, 5) is 43.5. The Labute approximate surface area is 240 Å². The molecule has 1 aliphatic carbocycles. The summed E-state index contributed by atoms with van der Waals surface area (Å²) in [5, 5.41) is 2.87. The van der Waals surface area contributed by atoms with Crippen LogP contribution in [0.5, 0.6) is 0 Å². The summed E-state index contributed by atoms with van der Waals surface area (Å²) >= 11 is 2.57. The molecule has 0 fully saturated rings. The van der Waals surface area contributed by atoms with Gasteiger partial charge in [-0.1, -0.05) is 23.8 Å². The number of benzene rings is 1. The van der Waals surface area contributed by atoms with E-state index in [1.807, 2.05) is 36.6 Å². The highest BCUT2D eigenvalue weighted by molar-refractivity contribution is 7.92. The lowest BCUT2D eigenvalue weighted by molar-refractivity contribution is -0.115. The van der Waals surface area contributed by atoms with Gasteiger partial charge in [0.2, 0.25) is 5.91 Å². The quantitative estimate of drug-likeness (QED) is 0.211. The van der Waals surface area contributed by atoms with Crippen LogP contribution in [0.1, 0.15) is 52.5 Å².